The van der Waals surface area contributed by atoms with Gasteiger partial charge in [-0.15, -0.1) is 0 Å². The Bertz CT molecular complexity index is 1470. The highest BCUT2D eigenvalue weighted by molar-refractivity contribution is 9.10. The van der Waals surface area contributed by atoms with Gasteiger partial charge in [-0.3, -0.25) is 4.79 Å². The number of nitrogens with zero attached hydrogens (tertiary/aromatic N) is 1. The molecule has 4 aromatic rings. The molecular formula is C28H23BrN2O6. The molecule has 0 bridgehead atoms. The molecular weight excluding hydrogens is 540 g/mol. The summed E-state index contributed by atoms with van der Waals surface area (Å²) in [6.07, 6.45) is 1.39. The van der Waals surface area contributed by atoms with Crippen LogP contribution < -0.4 is 24.4 Å². The predicted octanol–water partition coefficient (Wildman–Crippen LogP) is 5.37. The number of esters is 1. The first kappa shape index (κ1) is 25.7. The van der Waals surface area contributed by atoms with Crippen molar-refractivity contribution in [2.45, 2.75) is 0 Å². The summed E-state index contributed by atoms with van der Waals surface area (Å²) in [4.78, 5) is 25.1. The van der Waals surface area contributed by atoms with E-state index in [1.54, 1.807) is 36.4 Å². The van der Waals surface area contributed by atoms with Crippen LogP contribution in [-0.2, 0) is 4.79 Å². The third kappa shape index (κ3) is 6.45. The van der Waals surface area contributed by atoms with Crippen molar-refractivity contribution >= 4 is 44.8 Å². The van der Waals surface area contributed by atoms with Crippen molar-refractivity contribution < 1.29 is 28.5 Å². The lowest BCUT2D eigenvalue weighted by molar-refractivity contribution is -0.123. The Morgan fingerprint density at radius 2 is 1.62 bits per heavy atom. The van der Waals surface area contributed by atoms with Crippen molar-refractivity contribution in [3.8, 4) is 23.0 Å². The minimum absolute atomic E-state index is 0.217. The molecule has 0 heterocycles. The monoisotopic (exact) mass is 562 g/mol. The molecule has 0 aliphatic heterocycles. The Kier molecular flexibility index (Phi) is 8.37. The predicted molar refractivity (Wildman–Crippen MR) is 144 cm³/mol. The van der Waals surface area contributed by atoms with Crippen molar-refractivity contribution in [3.05, 3.63) is 94.5 Å². The van der Waals surface area contributed by atoms with Gasteiger partial charge in [0.25, 0.3) is 5.91 Å². The van der Waals surface area contributed by atoms with E-state index in [9.17, 15) is 9.59 Å². The average molecular weight is 563 g/mol. The zero-order chi connectivity index (χ0) is 26.2. The number of nitrogens with one attached hydrogen (secondary N) is 1. The van der Waals surface area contributed by atoms with Gasteiger partial charge < -0.3 is 18.9 Å². The van der Waals surface area contributed by atoms with Crippen molar-refractivity contribution in [1.29, 1.82) is 0 Å². The van der Waals surface area contributed by atoms with E-state index in [1.807, 2.05) is 36.4 Å². The Hall–Kier alpha value is -4.37. The van der Waals surface area contributed by atoms with Crippen LogP contribution in [0.1, 0.15) is 15.9 Å². The summed E-state index contributed by atoms with van der Waals surface area (Å²) in [5.41, 5.74) is 3.18. The number of carbonyl (C=O) groups is 2. The summed E-state index contributed by atoms with van der Waals surface area (Å²) in [6, 6.07) is 23.2. The zero-order valence-electron chi connectivity index (χ0n) is 20.1. The Labute approximate surface area is 221 Å². The van der Waals surface area contributed by atoms with Gasteiger partial charge in [-0.1, -0.05) is 52.3 Å². The first-order valence-electron chi connectivity index (χ1n) is 11.1. The molecule has 0 spiro atoms. The topological polar surface area (TPSA) is 95.5 Å². The SMILES string of the molecule is COc1ccc(C(=O)Oc2ccc(Br)cc2/C=N/NC(=O)COc2cccc3ccccc23)cc1OC. The van der Waals surface area contributed by atoms with Crippen LogP contribution in [0, 0.1) is 0 Å². The molecule has 0 atom stereocenters. The standard InChI is InChI=1S/C28H23BrN2O6/c1-34-25-12-10-19(15-26(25)35-2)28(33)37-23-13-11-21(29)14-20(23)16-30-31-27(32)17-36-24-9-5-7-18-6-3-4-8-22(18)24/h3-16H,17H2,1-2H3,(H,31,32)/b30-16+. The first-order chi connectivity index (χ1) is 18.0. The summed E-state index contributed by atoms with van der Waals surface area (Å²) >= 11 is 3.39. The van der Waals surface area contributed by atoms with Crippen LogP contribution in [-0.4, -0.2) is 38.9 Å². The molecule has 0 saturated heterocycles. The highest BCUT2D eigenvalue weighted by Crippen LogP contribution is 2.29. The maximum absolute atomic E-state index is 12.8. The smallest absolute Gasteiger partial charge is 0.343 e. The van der Waals surface area contributed by atoms with Crippen LogP contribution in [0.5, 0.6) is 23.0 Å². The maximum atomic E-state index is 12.8. The molecule has 0 fully saturated rings. The third-order valence-corrected chi connectivity index (χ3v) is 5.79. The summed E-state index contributed by atoms with van der Waals surface area (Å²) in [7, 11) is 3.00. The molecule has 0 aliphatic rings. The van der Waals surface area contributed by atoms with Crippen LogP contribution in [0.2, 0.25) is 0 Å². The van der Waals surface area contributed by atoms with Crippen molar-refractivity contribution in [2.24, 2.45) is 5.10 Å². The molecule has 1 amide bonds. The van der Waals surface area contributed by atoms with Gasteiger partial charge in [0.1, 0.15) is 11.5 Å². The first-order valence-corrected chi connectivity index (χ1v) is 11.9. The molecule has 1 N–H and O–H groups in total. The molecule has 37 heavy (non-hydrogen) atoms. The molecule has 9 heteroatoms. The number of methoxy groups -OCH3 is 2. The quantitative estimate of drug-likeness (QED) is 0.127. The second-order valence-electron chi connectivity index (χ2n) is 7.70. The van der Waals surface area contributed by atoms with Crippen LogP contribution in [0.3, 0.4) is 0 Å². The number of hydrogen-bond acceptors (Lipinski definition) is 7. The number of halogens is 1. The molecule has 0 aromatic heterocycles. The maximum Gasteiger partial charge on any atom is 0.343 e. The van der Waals surface area contributed by atoms with Gasteiger partial charge in [-0.25, -0.2) is 10.2 Å². The van der Waals surface area contributed by atoms with Gasteiger partial charge in [-0.2, -0.15) is 5.10 Å². The largest absolute Gasteiger partial charge is 0.493 e. The Morgan fingerprint density at radius 3 is 2.43 bits per heavy atom. The van der Waals surface area contributed by atoms with E-state index in [1.165, 1.54) is 26.5 Å². The lowest BCUT2D eigenvalue weighted by Gasteiger charge is -2.11. The van der Waals surface area contributed by atoms with Crippen molar-refractivity contribution in [3.63, 3.8) is 0 Å². The van der Waals surface area contributed by atoms with Gasteiger partial charge in [0.15, 0.2) is 18.1 Å². The fourth-order valence-corrected chi connectivity index (χ4v) is 3.88. The minimum atomic E-state index is -0.592. The van der Waals surface area contributed by atoms with E-state index in [0.717, 1.165) is 15.2 Å². The fourth-order valence-electron chi connectivity index (χ4n) is 3.51. The van der Waals surface area contributed by atoms with Gasteiger partial charge in [-0.05, 0) is 47.9 Å². The molecule has 0 saturated carbocycles. The van der Waals surface area contributed by atoms with Crippen LogP contribution in [0.4, 0.5) is 0 Å². The molecule has 0 unspecified atom stereocenters. The number of fused-ring (bicyclic) bond motifs is 1. The van der Waals surface area contributed by atoms with Crippen molar-refractivity contribution in [2.75, 3.05) is 20.8 Å². The normalized spacial score (nSPS) is 10.8. The Morgan fingerprint density at radius 1 is 0.865 bits per heavy atom. The van der Waals surface area contributed by atoms with Crippen LogP contribution in [0.25, 0.3) is 10.8 Å². The number of hydrazone groups is 1. The van der Waals surface area contributed by atoms with E-state index >= 15 is 0 Å². The zero-order valence-corrected chi connectivity index (χ0v) is 21.7. The molecule has 0 radical (unpaired) electrons. The van der Waals surface area contributed by atoms with E-state index in [0.29, 0.717) is 22.8 Å². The molecule has 4 aromatic carbocycles. The number of benzene rings is 4. The lowest BCUT2D eigenvalue weighted by atomic mass is 10.1. The second-order valence-corrected chi connectivity index (χ2v) is 8.62. The van der Waals surface area contributed by atoms with Gasteiger partial charge in [0, 0.05) is 15.4 Å². The van der Waals surface area contributed by atoms with Gasteiger partial charge in [0.2, 0.25) is 0 Å². The number of ether oxygens (including phenoxy) is 4. The minimum Gasteiger partial charge on any atom is -0.493 e. The molecule has 8 nitrogen and oxygen atoms in total. The number of hydrogen-bond donors (Lipinski definition) is 1. The second kappa shape index (κ2) is 12.0. The highest BCUT2D eigenvalue weighted by Gasteiger charge is 2.15. The summed E-state index contributed by atoms with van der Waals surface area (Å²) in [5.74, 6) is 0.730. The number of carbonyl (C=O) groups excluding carboxylic acids is 2. The molecule has 188 valence electrons. The summed E-state index contributed by atoms with van der Waals surface area (Å²) in [6.45, 7) is -0.217. The van der Waals surface area contributed by atoms with E-state index < -0.39 is 11.9 Å². The third-order valence-electron chi connectivity index (χ3n) is 5.30. The molecule has 0 aliphatic carbocycles. The Balaban J connectivity index is 1.41. The lowest BCUT2D eigenvalue weighted by Crippen LogP contribution is -2.24. The number of rotatable bonds is 9. The van der Waals surface area contributed by atoms with Crippen molar-refractivity contribution in [1.82, 2.24) is 5.43 Å². The molecule has 4 rings (SSSR count). The van der Waals surface area contributed by atoms with E-state index in [2.05, 4.69) is 26.5 Å². The highest BCUT2D eigenvalue weighted by atomic mass is 79.9. The van der Waals surface area contributed by atoms with Crippen LogP contribution in [0.15, 0.2) is 88.4 Å². The average Bonchev–Trinajstić information content (AvgIpc) is 2.92. The van der Waals surface area contributed by atoms with Gasteiger partial charge in [0.05, 0.1) is 26.0 Å². The van der Waals surface area contributed by atoms with E-state index in [-0.39, 0.29) is 17.9 Å². The fraction of sp³-hybridized carbons (Fsp3) is 0.107. The van der Waals surface area contributed by atoms with Gasteiger partial charge >= 0.3 is 5.97 Å². The van der Waals surface area contributed by atoms with Crippen LogP contribution >= 0.6 is 15.9 Å². The number of amides is 1. The summed E-state index contributed by atoms with van der Waals surface area (Å²) in [5, 5.41) is 5.92. The van der Waals surface area contributed by atoms with E-state index in [4.69, 9.17) is 18.9 Å². The summed E-state index contributed by atoms with van der Waals surface area (Å²) < 4.78 is 22.5.